The van der Waals surface area contributed by atoms with Gasteiger partial charge in [0.25, 0.3) is 5.91 Å². The Bertz CT molecular complexity index is 954. The van der Waals surface area contributed by atoms with Gasteiger partial charge in [0.05, 0.1) is 11.8 Å². The maximum absolute atomic E-state index is 12.5. The Morgan fingerprint density at radius 3 is 2.69 bits per heavy atom. The third-order valence-corrected chi connectivity index (χ3v) is 5.16. The highest BCUT2D eigenvalue weighted by Crippen LogP contribution is 2.47. The van der Waals surface area contributed by atoms with Crippen molar-refractivity contribution in [2.45, 2.75) is 52.0 Å². The topological polar surface area (TPSA) is 82.1 Å². The molecule has 7 nitrogen and oxygen atoms in total. The van der Waals surface area contributed by atoms with Gasteiger partial charge in [-0.3, -0.25) is 4.79 Å². The number of esters is 1. The molecule has 4 rings (SSSR count). The summed E-state index contributed by atoms with van der Waals surface area (Å²) >= 11 is 0. The first-order chi connectivity index (χ1) is 13.7. The minimum absolute atomic E-state index is 0.142. The van der Waals surface area contributed by atoms with Gasteiger partial charge < -0.3 is 14.2 Å². The highest BCUT2D eigenvalue weighted by Gasteiger charge is 2.47. The smallest absolute Gasteiger partial charge is 0.420 e. The molecule has 1 aliphatic carbocycles. The summed E-state index contributed by atoms with van der Waals surface area (Å²) in [6.07, 6.45) is 1.45. The molecule has 2 amide bonds. The molecule has 0 aromatic heterocycles. The lowest BCUT2D eigenvalue weighted by Crippen LogP contribution is -2.43. The van der Waals surface area contributed by atoms with E-state index in [-0.39, 0.29) is 12.0 Å². The number of carbonyl (C=O) groups is 3. The maximum Gasteiger partial charge on any atom is 0.420 e. The molecule has 1 aromatic carbocycles. The van der Waals surface area contributed by atoms with Gasteiger partial charge in [0.15, 0.2) is 0 Å². The lowest BCUT2D eigenvalue weighted by molar-refractivity contribution is -0.139. The number of nitrogens with zero attached hydrogens (tertiary/aromatic N) is 1. The highest BCUT2D eigenvalue weighted by atomic mass is 16.6. The Hall–Kier alpha value is -3.09. The third kappa shape index (κ3) is 3.41. The maximum atomic E-state index is 12.5. The summed E-state index contributed by atoms with van der Waals surface area (Å²) in [5.41, 5.74) is 2.18. The molecule has 1 saturated heterocycles. The van der Waals surface area contributed by atoms with Gasteiger partial charge in [-0.05, 0) is 51.3 Å². The Morgan fingerprint density at radius 2 is 1.97 bits per heavy atom. The van der Waals surface area contributed by atoms with E-state index in [0.29, 0.717) is 17.6 Å². The van der Waals surface area contributed by atoms with Crippen LogP contribution in [0.5, 0.6) is 0 Å². The van der Waals surface area contributed by atoms with Crippen molar-refractivity contribution in [2.75, 3.05) is 0 Å². The molecule has 0 N–H and O–H groups in total. The van der Waals surface area contributed by atoms with Crippen LogP contribution in [0.25, 0.3) is 0 Å². The number of amides is 2. The molecule has 152 valence electrons. The molecule has 0 unspecified atom stereocenters. The number of ether oxygens (including phenoxy) is 3. The van der Waals surface area contributed by atoms with Crippen molar-refractivity contribution >= 4 is 18.0 Å². The highest BCUT2D eigenvalue weighted by molar-refractivity contribution is 6.04. The zero-order valence-electron chi connectivity index (χ0n) is 16.8. The lowest BCUT2D eigenvalue weighted by Gasteiger charge is -2.26. The molecule has 0 bridgehead atoms. The normalized spacial score (nSPS) is 26.9. The van der Waals surface area contributed by atoms with Crippen LogP contribution in [0, 0.1) is 5.92 Å². The number of benzene rings is 1. The fourth-order valence-corrected chi connectivity index (χ4v) is 3.85. The van der Waals surface area contributed by atoms with E-state index in [1.54, 1.807) is 27.7 Å². The van der Waals surface area contributed by atoms with Gasteiger partial charge in [-0.15, -0.1) is 0 Å². The minimum atomic E-state index is -0.972. The van der Waals surface area contributed by atoms with Crippen molar-refractivity contribution in [1.29, 1.82) is 0 Å². The van der Waals surface area contributed by atoms with Gasteiger partial charge in [-0.25, -0.2) is 14.5 Å². The van der Waals surface area contributed by atoms with E-state index >= 15 is 0 Å². The predicted molar refractivity (Wildman–Crippen MR) is 102 cm³/mol. The van der Waals surface area contributed by atoms with Crippen molar-refractivity contribution in [3.63, 3.8) is 0 Å². The molecule has 3 aliphatic rings. The zero-order chi connectivity index (χ0) is 20.9. The lowest BCUT2D eigenvalue weighted by atomic mass is 9.98. The third-order valence-electron chi connectivity index (χ3n) is 5.16. The van der Waals surface area contributed by atoms with Crippen molar-refractivity contribution < 1.29 is 28.6 Å². The number of rotatable bonds is 2. The van der Waals surface area contributed by atoms with Crippen LogP contribution >= 0.6 is 0 Å². The van der Waals surface area contributed by atoms with Gasteiger partial charge in [-0.1, -0.05) is 24.3 Å². The second-order valence-corrected chi connectivity index (χ2v) is 8.44. The first-order valence-corrected chi connectivity index (χ1v) is 9.55. The van der Waals surface area contributed by atoms with E-state index in [4.69, 9.17) is 14.2 Å². The minimum Gasteiger partial charge on any atom is -0.473 e. The molecule has 0 radical (unpaired) electrons. The van der Waals surface area contributed by atoms with Crippen LogP contribution < -0.4 is 0 Å². The number of carbonyl (C=O) groups excluding carboxylic acids is 3. The SMILES string of the molecule is CC1=C[C@H](O/C=C2\C(=O)O[C@@H]3c4ccccc4C[C@H]23)N(C(=O)OC(C)(C)C)C1=O. The Kier molecular flexibility index (Phi) is 4.48. The van der Waals surface area contributed by atoms with Crippen molar-refractivity contribution in [2.24, 2.45) is 5.92 Å². The molecule has 2 heterocycles. The molecular formula is C22H23NO6. The Morgan fingerprint density at radius 1 is 1.24 bits per heavy atom. The molecular weight excluding hydrogens is 374 g/mol. The van der Waals surface area contributed by atoms with E-state index in [1.165, 1.54) is 12.3 Å². The summed E-state index contributed by atoms with van der Waals surface area (Å²) < 4.78 is 16.6. The van der Waals surface area contributed by atoms with Crippen molar-refractivity contribution in [1.82, 2.24) is 4.90 Å². The monoisotopic (exact) mass is 397 g/mol. The second kappa shape index (κ2) is 6.76. The molecule has 7 heteroatoms. The van der Waals surface area contributed by atoms with Gasteiger partial charge in [-0.2, -0.15) is 0 Å². The van der Waals surface area contributed by atoms with Gasteiger partial charge in [0.1, 0.15) is 11.7 Å². The first-order valence-electron chi connectivity index (χ1n) is 9.55. The van der Waals surface area contributed by atoms with E-state index in [0.717, 1.165) is 16.0 Å². The van der Waals surface area contributed by atoms with Crippen molar-refractivity contribution in [3.8, 4) is 0 Å². The van der Waals surface area contributed by atoms with E-state index in [2.05, 4.69) is 0 Å². The number of hydrogen-bond donors (Lipinski definition) is 0. The van der Waals surface area contributed by atoms with Crippen LogP contribution in [0.3, 0.4) is 0 Å². The van der Waals surface area contributed by atoms with Crippen LogP contribution in [-0.2, 0) is 30.2 Å². The van der Waals surface area contributed by atoms with Crippen molar-refractivity contribution in [3.05, 3.63) is 58.9 Å². The summed E-state index contributed by atoms with van der Waals surface area (Å²) in [4.78, 5) is 38.2. The van der Waals surface area contributed by atoms with Gasteiger partial charge in [0, 0.05) is 11.5 Å². The second-order valence-electron chi connectivity index (χ2n) is 8.44. The van der Waals surface area contributed by atoms with Crippen LogP contribution in [0.15, 0.2) is 47.7 Å². The van der Waals surface area contributed by atoms with E-state index in [1.807, 2.05) is 24.3 Å². The quantitative estimate of drug-likeness (QED) is 0.432. The standard InChI is InChI=1S/C22H23NO6/c1-12-9-17(23(19(12)24)21(26)29-22(2,3)4)27-11-16-15-10-13-7-5-6-8-14(13)18(15)28-20(16)25/h5-9,11,15,17-18H,10H2,1-4H3/b16-11-/t15-,17+,18-/m1/s1. The van der Waals surface area contributed by atoms with Crippen LogP contribution in [0.1, 0.15) is 44.9 Å². The first kappa shape index (κ1) is 19.2. The Labute approximate surface area is 168 Å². The molecule has 0 spiro atoms. The summed E-state index contributed by atoms with van der Waals surface area (Å²) in [5, 5.41) is 0. The molecule has 1 aromatic rings. The van der Waals surface area contributed by atoms with Crippen LogP contribution in [0.4, 0.5) is 4.79 Å². The van der Waals surface area contributed by atoms with Crippen LogP contribution in [0.2, 0.25) is 0 Å². The van der Waals surface area contributed by atoms with Crippen LogP contribution in [-0.4, -0.2) is 34.7 Å². The summed E-state index contributed by atoms with van der Waals surface area (Å²) in [7, 11) is 0. The Balaban J connectivity index is 1.54. The molecule has 29 heavy (non-hydrogen) atoms. The summed E-state index contributed by atoms with van der Waals surface area (Å²) in [5.74, 6) is -1.07. The number of imide groups is 1. The number of hydrogen-bond acceptors (Lipinski definition) is 6. The summed E-state index contributed by atoms with van der Waals surface area (Å²) in [6, 6.07) is 7.86. The predicted octanol–water partition coefficient (Wildman–Crippen LogP) is 3.41. The zero-order valence-corrected chi connectivity index (χ0v) is 16.8. The molecule has 0 saturated carbocycles. The fraction of sp³-hybridized carbons (Fsp3) is 0.409. The van der Waals surface area contributed by atoms with E-state index < -0.39 is 29.8 Å². The van der Waals surface area contributed by atoms with E-state index in [9.17, 15) is 14.4 Å². The largest absolute Gasteiger partial charge is 0.473 e. The molecule has 1 fully saturated rings. The number of fused-ring (bicyclic) bond motifs is 3. The summed E-state index contributed by atoms with van der Waals surface area (Å²) in [6.45, 7) is 6.76. The average molecular weight is 397 g/mol. The fourth-order valence-electron chi connectivity index (χ4n) is 3.85. The van der Waals surface area contributed by atoms with Gasteiger partial charge >= 0.3 is 12.1 Å². The van der Waals surface area contributed by atoms with Gasteiger partial charge in [0.2, 0.25) is 6.23 Å². The molecule has 3 atom stereocenters. The average Bonchev–Trinajstić information content (AvgIpc) is 3.22. The molecule has 2 aliphatic heterocycles.